The summed E-state index contributed by atoms with van der Waals surface area (Å²) >= 11 is 0. The van der Waals surface area contributed by atoms with Gasteiger partial charge in [-0.15, -0.1) is 12.4 Å². The number of carbonyl (C=O) groups is 1. The first-order valence-electron chi connectivity index (χ1n) is 7.03. The van der Waals surface area contributed by atoms with Gasteiger partial charge < -0.3 is 11.1 Å². The van der Waals surface area contributed by atoms with Crippen molar-refractivity contribution < 1.29 is 4.79 Å². The highest BCUT2D eigenvalue weighted by atomic mass is 35.5. The van der Waals surface area contributed by atoms with Gasteiger partial charge in [-0.25, -0.2) is 0 Å². The minimum Gasteiger partial charge on any atom is -0.354 e. The lowest BCUT2D eigenvalue weighted by atomic mass is 9.93. The van der Waals surface area contributed by atoms with E-state index in [4.69, 9.17) is 5.73 Å². The third kappa shape index (κ3) is 3.61. The highest BCUT2D eigenvalue weighted by Gasteiger charge is 2.44. The van der Waals surface area contributed by atoms with E-state index < -0.39 is 5.54 Å². The average Bonchev–Trinajstić information content (AvgIpc) is 2.86. The molecule has 2 aliphatic carbocycles. The molecule has 0 atom stereocenters. The fraction of sp³-hybridized carbons (Fsp3) is 0.929. The molecule has 0 aliphatic heterocycles. The van der Waals surface area contributed by atoms with Crippen LogP contribution in [0, 0.1) is 11.3 Å². The lowest BCUT2D eigenvalue weighted by molar-refractivity contribution is -0.126. The fourth-order valence-corrected chi connectivity index (χ4v) is 3.17. The number of amides is 1. The van der Waals surface area contributed by atoms with Gasteiger partial charge in [0.2, 0.25) is 5.91 Å². The minimum absolute atomic E-state index is 0. The fourth-order valence-electron chi connectivity index (χ4n) is 3.17. The molecule has 0 aromatic rings. The molecule has 2 fully saturated rings. The van der Waals surface area contributed by atoms with E-state index in [9.17, 15) is 4.79 Å². The van der Waals surface area contributed by atoms with Gasteiger partial charge in [0.25, 0.3) is 0 Å². The zero-order valence-electron chi connectivity index (χ0n) is 11.6. The van der Waals surface area contributed by atoms with Gasteiger partial charge in [-0.2, -0.15) is 0 Å². The van der Waals surface area contributed by atoms with Gasteiger partial charge in [0.05, 0.1) is 5.54 Å². The minimum atomic E-state index is -0.562. The smallest absolute Gasteiger partial charge is 0.240 e. The van der Waals surface area contributed by atoms with E-state index in [0.717, 1.165) is 32.2 Å². The Hall–Kier alpha value is -0.280. The quantitative estimate of drug-likeness (QED) is 0.810. The number of halogens is 1. The van der Waals surface area contributed by atoms with Gasteiger partial charge in [-0.1, -0.05) is 26.7 Å². The van der Waals surface area contributed by atoms with Crippen molar-refractivity contribution in [2.45, 2.75) is 64.3 Å². The lowest BCUT2D eigenvalue weighted by Gasteiger charge is -2.25. The summed E-state index contributed by atoms with van der Waals surface area (Å²) in [4.78, 5) is 12.1. The molecule has 4 heteroatoms. The number of hydrogen-bond donors (Lipinski definition) is 2. The lowest BCUT2D eigenvalue weighted by Crippen LogP contribution is -2.53. The van der Waals surface area contributed by atoms with Crippen LogP contribution in [0.3, 0.4) is 0 Å². The van der Waals surface area contributed by atoms with Crippen LogP contribution in [0.15, 0.2) is 0 Å². The molecular weight excluding hydrogens is 248 g/mol. The number of hydrogen-bond acceptors (Lipinski definition) is 2. The maximum atomic E-state index is 12.1. The van der Waals surface area contributed by atoms with Crippen molar-refractivity contribution in [1.29, 1.82) is 0 Å². The van der Waals surface area contributed by atoms with Gasteiger partial charge in [0.1, 0.15) is 0 Å². The van der Waals surface area contributed by atoms with E-state index in [0.29, 0.717) is 11.3 Å². The Morgan fingerprint density at radius 2 is 1.78 bits per heavy atom. The number of nitrogens with two attached hydrogens (primary N) is 1. The van der Waals surface area contributed by atoms with Crippen LogP contribution >= 0.6 is 12.4 Å². The topological polar surface area (TPSA) is 55.1 Å². The van der Waals surface area contributed by atoms with Crippen molar-refractivity contribution in [2.24, 2.45) is 17.1 Å². The second-order valence-electron chi connectivity index (χ2n) is 6.64. The summed E-state index contributed by atoms with van der Waals surface area (Å²) in [6.45, 7) is 5.34. The Morgan fingerprint density at radius 3 is 2.22 bits per heavy atom. The average molecular weight is 275 g/mol. The Labute approximate surface area is 117 Å². The van der Waals surface area contributed by atoms with E-state index in [-0.39, 0.29) is 18.3 Å². The summed E-state index contributed by atoms with van der Waals surface area (Å²) in [5.74, 6) is 0.803. The third-order valence-electron chi connectivity index (χ3n) is 4.37. The Kier molecular flexibility index (Phi) is 5.07. The van der Waals surface area contributed by atoms with Crippen LogP contribution in [0.1, 0.15) is 58.8 Å². The van der Waals surface area contributed by atoms with Crippen molar-refractivity contribution >= 4 is 18.3 Å². The highest BCUT2D eigenvalue weighted by Crippen LogP contribution is 2.50. The van der Waals surface area contributed by atoms with Crippen molar-refractivity contribution in [1.82, 2.24) is 5.32 Å². The molecular formula is C14H27ClN2O. The number of carbonyl (C=O) groups excluding carboxylic acids is 1. The van der Waals surface area contributed by atoms with E-state index in [2.05, 4.69) is 19.2 Å². The second-order valence-corrected chi connectivity index (χ2v) is 6.64. The SMILES string of the molecule is CC(C)CC1(CNC(=O)C2(N)CCCC2)CC1.Cl. The molecule has 1 amide bonds. The van der Waals surface area contributed by atoms with Gasteiger partial charge >= 0.3 is 0 Å². The summed E-state index contributed by atoms with van der Waals surface area (Å²) in [6, 6.07) is 0. The molecule has 0 spiro atoms. The number of nitrogens with one attached hydrogen (secondary N) is 1. The maximum Gasteiger partial charge on any atom is 0.240 e. The summed E-state index contributed by atoms with van der Waals surface area (Å²) < 4.78 is 0. The first-order valence-corrected chi connectivity index (χ1v) is 7.03. The predicted molar refractivity (Wildman–Crippen MR) is 76.8 cm³/mol. The molecule has 2 aliphatic rings. The monoisotopic (exact) mass is 274 g/mol. The van der Waals surface area contributed by atoms with Crippen LogP contribution < -0.4 is 11.1 Å². The molecule has 2 saturated carbocycles. The Bertz CT molecular complexity index is 294. The van der Waals surface area contributed by atoms with Crippen molar-refractivity contribution in [2.75, 3.05) is 6.54 Å². The largest absolute Gasteiger partial charge is 0.354 e. The van der Waals surface area contributed by atoms with Crippen molar-refractivity contribution in [3.8, 4) is 0 Å². The van der Waals surface area contributed by atoms with E-state index in [1.165, 1.54) is 19.3 Å². The zero-order valence-corrected chi connectivity index (χ0v) is 12.4. The highest BCUT2D eigenvalue weighted by molar-refractivity contribution is 5.86. The molecule has 18 heavy (non-hydrogen) atoms. The molecule has 2 rings (SSSR count). The molecule has 0 heterocycles. The molecule has 0 aromatic heterocycles. The van der Waals surface area contributed by atoms with E-state index >= 15 is 0 Å². The predicted octanol–water partition coefficient (Wildman–Crippen LogP) is 2.62. The molecule has 0 bridgehead atoms. The van der Waals surface area contributed by atoms with Crippen molar-refractivity contribution in [3.05, 3.63) is 0 Å². The van der Waals surface area contributed by atoms with Crippen LogP contribution in [0.5, 0.6) is 0 Å². The maximum absolute atomic E-state index is 12.1. The van der Waals surface area contributed by atoms with Gasteiger partial charge in [0, 0.05) is 6.54 Å². The summed E-state index contributed by atoms with van der Waals surface area (Å²) in [7, 11) is 0. The molecule has 0 unspecified atom stereocenters. The first kappa shape index (κ1) is 15.8. The van der Waals surface area contributed by atoms with E-state index in [1.54, 1.807) is 0 Å². The zero-order chi connectivity index (χ0) is 12.5. The first-order chi connectivity index (χ1) is 7.96. The standard InChI is InChI=1S/C14H26N2O.ClH/c1-11(2)9-13(7-8-13)10-16-12(17)14(15)5-3-4-6-14;/h11H,3-10,15H2,1-2H3,(H,16,17);1H. The van der Waals surface area contributed by atoms with Crippen molar-refractivity contribution in [3.63, 3.8) is 0 Å². The van der Waals surface area contributed by atoms with Gasteiger partial charge in [-0.3, -0.25) is 4.79 Å². The van der Waals surface area contributed by atoms with Crippen LogP contribution in [0.2, 0.25) is 0 Å². The Morgan fingerprint density at radius 1 is 1.22 bits per heavy atom. The van der Waals surface area contributed by atoms with Crippen LogP contribution in [-0.2, 0) is 4.79 Å². The summed E-state index contributed by atoms with van der Waals surface area (Å²) in [5, 5.41) is 3.11. The molecule has 0 saturated heterocycles. The molecule has 3 N–H and O–H groups in total. The summed E-state index contributed by atoms with van der Waals surface area (Å²) in [6.07, 6.45) is 7.67. The normalized spacial score (nSPS) is 23.6. The molecule has 0 aromatic carbocycles. The molecule has 0 radical (unpaired) electrons. The third-order valence-corrected chi connectivity index (χ3v) is 4.37. The second kappa shape index (κ2) is 5.79. The van der Waals surface area contributed by atoms with Crippen LogP contribution in [0.25, 0.3) is 0 Å². The van der Waals surface area contributed by atoms with E-state index in [1.807, 2.05) is 0 Å². The van der Waals surface area contributed by atoms with Crippen LogP contribution in [-0.4, -0.2) is 18.0 Å². The Balaban J connectivity index is 0.00000162. The van der Waals surface area contributed by atoms with Gasteiger partial charge in [0.15, 0.2) is 0 Å². The number of rotatable bonds is 5. The molecule has 106 valence electrons. The van der Waals surface area contributed by atoms with Gasteiger partial charge in [-0.05, 0) is 43.4 Å². The van der Waals surface area contributed by atoms with Crippen LogP contribution in [0.4, 0.5) is 0 Å². The molecule has 3 nitrogen and oxygen atoms in total. The summed E-state index contributed by atoms with van der Waals surface area (Å²) in [5.41, 5.74) is 5.98.